The molecule has 1 aliphatic heterocycles. The van der Waals surface area contributed by atoms with Gasteiger partial charge in [-0.25, -0.2) is 13.6 Å². The molecular weight excluding hydrogens is 276 g/mol. The fourth-order valence-corrected chi connectivity index (χ4v) is 3.00. The number of carboxylic acid groups (broad SMARTS) is 1. The Balaban J connectivity index is 2.30. The summed E-state index contributed by atoms with van der Waals surface area (Å²) in [6, 6.07) is 2.34. The molecule has 0 saturated carbocycles. The average molecular weight is 295 g/mol. The number of piperidine rings is 1. The summed E-state index contributed by atoms with van der Waals surface area (Å²) in [4.78, 5) is 12.2. The first-order valence-electron chi connectivity index (χ1n) is 7.01. The molecule has 0 spiro atoms. The van der Waals surface area contributed by atoms with Crippen LogP contribution in [0.15, 0.2) is 18.2 Å². The number of hydrogen-bond acceptors (Lipinski definition) is 2. The standard InChI is InChI=1S/C16H19F2NO2/c1-10-5-11(2)9-19(8-10)16-13(17)6-12(7-14(16)18)3-4-15(20)21/h3-4,6-7,10-11H,5,8-9H2,1-2H3,(H,20,21). The van der Waals surface area contributed by atoms with Crippen molar-refractivity contribution in [3.8, 4) is 0 Å². The smallest absolute Gasteiger partial charge is 0.328 e. The van der Waals surface area contributed by atoms with E-state index in [-0.39, 0.29) is 11.3 Å². The van der Waals surface area contributed by atoms with Crippen LogP contribution in [0.1, 0.15) is 25.8 Å². The van der Waals surface area contributed by atoms with Crippen LogP contribution in [-0.4, -0.2) is 24.2 Å². The van der Waals surface area contributed by atoms with Crippen molar-refractivity contribution < 1.29 is 18.7 Å². The zero-order chi connectivity index (χ0) is 15.6. The summed E-state index contributed by atoms with van der Waals surface area (Å²) in [5.41, 5.74) is 0.190. The van der Waals surface area contributed by atoms with Gasteiger partial charge in [-0.3, -0.25) is 0 Å². The van der Waals surface area contributed by atoms with Crippen molar-refractivity contribution in [1.82, 2.24) is 0 Å². The number of nitrogens with zero attached hydrogens (tertiary/aromatic N) is 1. The lowest BCUT2D eigenvalue weighted by Crippen LogP contribution is -2.39. The van der Waals surface area contributed by atoms with Crippen molar-refractivity contribution in [3.05, 3.63) is 35.4 Å². The van der Waals surface area contributed by atoms with Gasteiger partial charge in [-0.1, -0.05) is 13.8 Å². The van der Waals surface area contributed by atoms with Crippen LogP contribution in [0.25, 0.3) is 6.08 Å². The Hall–Kier alpha value is -1.91. The lowest BCUT2D eigenvalue weighted by Gasteiger charge is -2.36. The van der Waals surface area contributed by atoms with Crippen LogP contribution < -0.4 is 4.90 Å². The van der Waals surface area contributed by atoms with E-state index in [0.29, 0.717) is 24.9 Å². The first kappa shape index (κ1) is 15.5. The highest BCUT2D eigenvalue weighted by Crippen LogP contribution is 2.31. The molecule has 1 heterocycles. The highest BCUT2D eigenvalue weighted by molar-refractivity contribution is 5.85. The van der Waals surface area contributed by atoms with Crippen LogP contribution in [-0.2, 0) is 4.79 Å². The minimum atomic E-state index is -1.15. The summed E-state index contributed by atoms with van der Waals surface area (Å²) >= 11 is 0. The summed E-state index contributed by atoms with van der Waals surface area (Å²) in [7, 11) is 0. The Morgan fingerprint density at radius 3 is 2.24 bits per heavy atom. The van der Waals surface area contributed by atoms with E-state index in [1.807, 2.05) is 0 Å². The Bertz CT molecular complexity index is 538. The van der Waals surface area contributed by atoms with Crippen molar-refractivity contribution in [1.29, 1.82) is 0 Å². The van der Waals surface area contributed by atoms with Gasteiger partial charge in [0, 0.05) is 19.2 Å². The van der Waals surface area contributed by atoms with Crippen LogP contribution in [0.2, 0.25) is 0 Å². The molecule has 1 N–H and O–H groups in total. The number of hydrogen-bond donors (Lipinski definition) is 1. The zero-order valence-corrected chi connectivity index (χ0v) is 12.1. The number of carbonyl (C=O) groups is 1. The van der Waals surface area contributed by atoms with Crippen molar-refractivity contribution in [3.63, 3.8) is 0 Å². The molecule has 2 unspecified atom stereocenters. The normalized spacial score (nSPS) is 22.8. The fraction of sp³-hybridized carbons (Fsp3) is 0.438. The molecule has 0 aromatic heterocycles. The van der Waals surface area contributed by atoms with Gasteiger partial charge in [-0.15, -0.1) is 0 Å². The zero-order valence-electron chi connectivity index (χ0n) is 12.1. The molecule has 114 valence electrons. The molecule has 0 aliphatic carbocycles. The summed E-state index contributed by atoms with van der Waals surface area (Å²) in [5, 5.41) is 8.55. The second kappa shape index (κ2) is 6.24. The van der Waals surface area contributed by atoms with E-state index in [0.717, 1.165) is 12.5 Å². The molecule has 0 radical (unpaired) electrons. The summed E-state index contributed by atoms with van der Waals surface area (Å²) < 4.78 is 28.4. The molecule has 1 aromatic rings. The van der Waals surface area contributed by atoms with Gasteiger partial charge in [0.2, 0.25) is 0 Å². The number of halogens is 2. The topological polar surface area (TPSA) is 40.5 Å². The molecule has 1 saturated heterocycles. The van der Waals surface area contributed by atoms with Crippen molar-refractivity contribution in [2.75, 3.05) is 18.0 Å². The highest BCUT2D eigenvalue weighted by Gasteiger charge is 2.26. The Morgan fingerprint density at radius 2 is 1.76 bits per heavy atom. The Morgan fingerprint density at radius 1 is 1.24 bits per heavy atom. The summed E-state index contributed by atoms with van der Waals surface area (Å²) in [6.07, 6.45) is 3.10. The van der Waals surface area contributed by atoms with Gasteiger partial charge in [0.25, 0.3) is 0 Å². The van der Waals surface area contributed by atoms with Crippen molar-refractivity contribution in [2.24, 2.45) is 11.8 Å². The predicted octanol–water partition coefficient (Wildman–Crippen LogP) is 3.54. The monoisotopic (exact) mass is 295 g/mol. The molecule has 0 bridgehead atoms. The van der Waals surface area contributed by atoms with E-state index in [1.54, 1.807) is 4.90 Å². The highest BCUT2D eigenvalue weighted by atomic mass is 19.1. The maximum Gasteiger partial charge on any atom is 0.328 e. The molecule has 21 heavy (non-hydrogen) atoms. The minimum absolute atomic E-state index is 0.0131. The van der Waals surface area contributed by atoms with Crippen LogP contribution in [0, 0.1) is 23.5 Å². The summed E-state index contributed by atoms with van der Waals surface area (Å²) in [5.74, 6) is -1.68. The van der Waals surface area contributed by atoms with E-state index in [9.17, 15) is 13.6 Å². The van der Waals surface area contributed by atoms with E-state index in [1.165, 1.54) is 18.2 Å². The Kier molecular flexibility index (Phi) is 4.60. The number of anilines is 1. The largest absolute Gasteiger partial charge is 0.478 e. The number of benzene rings is 1. The molecule has 2 atom stereocenters. The summed E-state index contributed by atoms with van der Waals surface area (Å²) in [6.45, 7) is 5.40. The van der Waals surface area contributed by atoms with E-state index < -0.39 is 17.6 Å². The predicted molar refractivity (Wildman–Crippen MR) is 78.2 cm³/mol. The average Bonchev–Trinajstić information content (AvgIpc) is 2.34. The molecular formula is C16H19F2NO2. The SMILES string of the molecule is CC1CC(C)CN(c2c(F)cc(C=CC(=O)O)cc2F)C1. The number of aliphatic carboxylic acids is 1. The van der Waals surface area contributed by atoms with E-state index in [2.05, 4.69) is 13.8 Å². The van der Waals surface area contributed by atoms with E-state index in [4.69, 9.17) is 5.11 Å². The lowest BCUT2D eigenvalue weighted by atomic mass is 9.91. The van der Waals surface area contributed by atoms with Gasteiger partial charge >= 0.3 is 5.97 Å². The first-order valence-corrected chi connectivity index (χ1v) is 7.01. The third-order valence-corrected chi connectivity index (χ3v) is 3.64. The maximum atomic E-state index is 14.2. The molecule has 1 aliphatic rings. The van der Waals surface area contributed by atoms with Crippen LogP contribution in [0.3, 0.4) is 0 Å². The van der Waals surface area contributed by atoms with E-state index >= 15 is 0 Å². The molecule has 1 aromatic carbocycles. The minimum Gasteiger partial charge on any atom is -0.478 e. The molecule has 2 rings (SSSR count). The third-order valence-electron chi connectivity index (χ3n) is 3.64. The maximum absolute atomic E-state index is 14.2. The van der Waals surface area contributed by atoms with Gasteiger partial charge in [0.15, 0.2) is 0 Å². The second-order valence-corrected chi connectivity index (χ2v) is 5.86. The van der Waals surface area contributed by atoms with Gasteiger partial charge < -0.3 is 10.0 Å². The van der Waals surface area contributed by atoms with Crippen LogP contribution in [0.4, 0.5) is 14.5 Å². The van der Waals surface area contributed by atoms with Crippen LogP contribution in [0.5, 0.6) is 0 Å². The van der Waals surface area contributed by atoms with Gasteiger partial charge in [-0.05, 0) is 42.0 Å². The van der Waals surface area contributed by atoms with Gasteiger partial charge in [0.05, 0.1) is 0 Å². The third kappa shape index (κ3) is 3.80. The number of rotatable bonds is 3. The first-order chi connectivity index (χ1) is 9.86. The molecule has 0 amide bonds. The van der Waals surface area contributed by atoms with Gasteiger partial charge in [-0.2, -0.15) is 0 Å². The fourth-order valence-electron chi connectivity index (χ4n) is 3.00. The second-order valence-electron chi connectivity index (χ2n) is 5.86. The molecule has 1 fully saturated rings. The van der Waals surface area contributed by atoms with Crippen LogP contribution >= 0.6 is 0 Å². The lowest BCUT2D eigenvalue weighted by molar-refractivity contribution is -0.131. The van der Waals surface area contributed by atoms with Crippen molar-refractivity contribution in [2.45, 2.75) is 20.3 Å². The molecule has 5 heteroatoms. The van der Waals surface area contributed by atoms with Crippen molar-refractivity contribution >= 4 is 17.7 Å². The Labute approximate surface area is 122 Å². The number of carboxylic acids is 1. The van der Waals surface area contributed by atoms with Gasteiger partial charge in [0.1, 0.15) is 17.3 Å². The molecule has 3 nitrogen and oxygen atoms in total. The quantitative estimate of drug-likeness (QED) is 0.867.